The third-order valence-electron chi connectivity index (χ3n) is 4.47. The first-order valence-corrected chi connectivity index (χ1v) is 9.07. The number of nitrogens with one attached hydrogen (secondary N) is 2. The molecule has 5 nitrogen and oxygen atoms in total. The molecule has 2 atom stereocenters. The smallest absolute Gasteiger partial charge is 0.246 e. The van der Waals surface area contributed by atoms with Crippen LogP contribution < -0.4 is 20.1 Å². The molecule has 0 aliphatic carbocycles. The van der Waals surface area contributed by atoms with Crippen LogP contribution in [0.25, 0.3) is 0 Å². The van der Waals surface area contributed by atoms with Crippen LogP contribution in [-0.2, 0) is 11.2 Å². The maximum atomic E-state index is 12.6. The van der Waals surface area contributed by atoms with E-state index in [0.717, 1.165) is 40.4 Å². The number of hydrogen-bond donors (Lipinski definition) is 2. The van der Waals surface area contributed by atoms with Crippen molar-refractivity contribution in [1.29, 1.82) is 0 Å². The van der Waals surface area contributed by atoms with E-state index in [0.29, 0.717) is 6.61 Å². The number of amides is 1. The minimum absolute atomic E-state index is 0.100. The highest BCUT2D eigenvalue weighted by Crippen LogP contribution is 2.38. The molecule has 0 bridgehead atoms. The lowest BCUT2D eigenvalue weighted by Crippen LogP contribution is -2.32. The molecule has 0 unspecified atom stereocenters. The Hall–Kier alpha value is -2.69. The number of carbonyl (C=O) groups excluding carboxylic acids is 1. The van der Waals surface area contributed by atoms with Gasteiger partial charge in [-0.3, -0.25) is 4.79 Å². The zero-order valence-electron chi connectivity index (χ0n) is 15.8. The van der Waals surface area contributed by atoms with Crippen molar-refractivity contribution in [2.24, 2.45) is 0 Å². The van der Waals surface area contributed by atoms with Crippen molar-refractivity contribution < 1.29 is 14.3 Å². The molecule has 5 heteroatoms. The molecule has 1 aliphatic rings. The van der Waals surface area contributed by atoms with E-state index >= 15 is 0 Å². The number of fused-ring (bicyclic) bond motifs is 1. The normalized spacial score (nSPS) is 16.4. The first-order valence-electron chi connectivity index (χ1n) is 9.07. The first-order chi connectivity index (χ1) is 12.5. The molecule has 3 rings (SSSR count). The molecule has 26 heavy (non-hydrogen) atoms. The van der Waals surface area contributed by atoms with E-state index in [-0.39, 0.29) is 12.0 Å². The summed E-state index contributed by atoms with van der Waals surface area (Å²) in [5.74, 6) is 1.51. The summed E-state index contributed by atoms with van der Waals surface area (Å²) in [6.07, 6.45) is 1.04. The van der Waals surface area contributed by atoms with Crippen molar-refractivity contribution in [1.82, 2.24) is 0 Å². The Balaban J connectivity index is 1.76. The van der Waals surface area contributed by atoms with E-state index < -0.39 is 6.04 Å². The summed E-state index contributed by atoms with van der Waals surface area (Å²) in [5.41, 5.74) is 3.76. The molecule has 1 heterocycles. The van der Waals surface area contributed by atoms with E-state index in [1.807, 2.05) is 64.1 Å². The fourth-order valence-electron chi connectivity index (χ4n) is 3.08. The molecule has 0 saturated carbocycles. The Labute approximate surface area is 154 Å². The van der Waals surface area contributed by atoms with Crippen LogP contribution in [0.5, 0.6) is 11.5 Å². The van der Waals surface area contributed by atoms with Crippen LogP contribution in [0.2, 0.25) is 0 Å². The summed E-state index contributed by atoms with van der Waals surface area (Å²) < 4.78 is 11.6. The Kier molecular flexibility index (Phi) is 5.35. The highest BCUT2D eigenvalue weighted by Gasteiger charge is 2.23. The Morgan fingerprint density at radius 2 is 2.08 bits per heavy atom. The van der Waals surface area contributed by atoms with E-state index in [1.54, 1.807) is 0 Å². The Morgan fingerprint density at radius 3 is 2.81 bits per heavy atom. The second kappa shape index (κ2) is 7.68. The minimum Gasteiger partial charge on any atom is -0.492 e. The highest BCUT2D eigenvalue weighted by atomic mass is 16.5. The molecule has 138 valence electrons. The number of aryl methyl sites for hydroxylation is 1. The number of benzene rings is 2. The molecule has 0 aromatic heterocycles. The van der Waals surface area contributed by atoms with E-state index in [2.05, 4.69) is 10.6 Å². The van der Waals surface area contributed by atoms with Crippen LogP contribution in [0.3, 0.4) is 0 Å². The molecule has 0 saturated heterocycles. The molecule has 2 aromatic carbocycles. The van der Waals surface area contributed by atoms with Gasteiger partial charge in [0.2, 0.25) is 5.91 Å². The second-order valence-electron chi connectivity index (χ2n) is 6.69. The van der Waals surface area contributed by atoms with Crippen LogP contribution in [0.15, 0.2) is 36.4 Å². The van der Waals surface area contributed by atoms with Gasteiger partial charge in [-0.2, -0.15) is 0 Å². The van der Waals surface area contributed by atoms with Gasteiger partial charge in [-0.05, 0) is 45.4 Å². The van der Waals surface area contributed by atoms with Gasteiger partial charge in [-0.25, -0.2) is 0 Å². The molecule has 1 amide bonds. The van der Waals surface area contributed by atoms with Gasteiger partial charge < -0.3 is 20.1 Å². The topological polar surface area (TPSA) is 59.6 Å². The predicted molar refractivity (Wildman–Crippen MR) is 104 cm³/mol. The molecule has 2 aromatic rings. The van der Waals surface area contributed by atoms with E-state index in [4.69, 9.17) is 9.47 Å². The van der Waals surface area contributed by atoms with Gasteiger partial charge >= 0.3 is 0 Å². The van der Waals surface area contributed by atoms with Crippen LogP contribution in [-0.4, -0.2) is 24.7 Å². The van der Waals surface area contributed by atoms with Crippen LogP contribution >= 0.6 is 0 Å². The van der Waals surface area contributed by atoms with Gasteiger partial charge in [0.05, 0.1) is 12.3 Å². The summed E-state index contributed by atoms with van der Waals surface area (Å²) in [6, 6.07) is 11.2. The molecule has 2 N–H and O–H groups in total. The summed E-state index contributed by atoms with van der Waals surface area (Å²) in [4.78, 5) is 12.6. The lowest BCUT2D eigenvalue weighted by Gasteiger charge is -2.19. The van der Waals surface area contributed by atoms with Gasteiger partial charge in [0, 0.05) is 23.7 Å². The maximum absolute atomic E-state index is 12.6. The van der Waals surface area contributed by atoms with E-state index in [1.165, 1.54) is 0 Å². The molecular formula is C21H26N2O3. The molecule has 0 radical (unpaired) electrons. The summed E-state index contributed by atoms with van der Waals surface area (Å²) >= 11 is 0. The van der Waals surface area contributed by atoms with Crippen LogP contribution in [0.1, 0.15) is 31.9 Å². The van der Waals surface area contributed by atoms with Crippen molar-refractivity contribution in [2.45, 2.75) is 46.3 Å². The number of para-hydroxylation sites is 1. The van der Waals surface area contributed by atoms with Gasteiger partial charge in [-0.1, -0.05) is 18.2 Å². The number of hydrogen-bond acceptors (Lipinski definition) is 4. The number of carbonyl (C=O) groups is 1. The Bertz CT molecular complexity index is 804. The second-order valence-corrected chi connectivity index (χ2v) is 6.69. The number of rotatable bonds is 6. The third kappa shape index (κ3) is 3.93. The number of anilines is 2. The molecule has 0 fully saturated rings. The first kappa shape index (κ1) is 18.1. The van der Waals surface area contributed by atoms with Crippen molar-refractivity contribution in [2.75, 3.05) is 17.2 Å². The quantitative estimate of drug-likeness (QED) is 0.818. The van der Waals surface area contributed by atoms with Crippen molar-refractivity contribution in [3.05, 3.63) is 47.5 Å². The Morgan fingerprint density at radius 1 is 1.31 bits per heavy atom. The van der Waals surface area contributed by atoms with Crippen LogP contribution in [0, 0.1) is 6.92 Å². The summed E-state index contributed by atoms with van der Waals surface area (Å²) in [5, 5.41) is 6.23. The van der Waals surface area contributed by atoms with Crippen LogP contribution in [0.4, 0.5) is 11.4 Å². The largest absolute Gasteiger partial charge is 0.492 e. The zero-order valence-corrected chi connectivity index (χ0v) is 15.8. The lowest BCUT2D eigenvalue weighted by molar-refractivity contribution is -0.116. The summed E-state index contributed by atoms with van der Waals surface area (Å²) in [6.45, 7) is 8.36. The maximum Gasteiger partial charge on any atom is 0.246 e. The average Bonchev–Trinajstić information content (AvgIpc) is 2.96. The summed E-state index contributed by atoms with van der Waals surface area (Å²) in [7, 11) is 0. The van der Waals surface area contributed by atoms with Crippen molar-refractivity contribution >= 4 is 17.3 Å². The van der Waals surface area contributed by atoms with Crippen molar-refractivity contribution in [3.63, 3.8) is 0 Å². The fourth-order valence-corrected chi connectivity index (χ4v) is 3.08. The lowest BCUT2D eigenvalue weighted by atomic mass is 10.1. The molecular weight excluding hydrogens is 328 g/mol. The molecule has 0 spiro atoms. The fraction of sp³-hybridized carbons (Fsp3) is 0.381. The predicted octanol–water partition coefficient (Wildman–Crippen LogP) is 4.16. The molecule has 1 aliphatic heterocycles. The van der Waals surface area contributed by atoms with Gasteiger partial charge in [0.15, 0.2) is 0 Å². The highest BCUT2D eigenvalue weighted by molar-refractivity contribution is 5.97. The third-order valence-corrected chi connectivity index (χ3v) is 4.47. The van der Waals surface area contributed by atoms with Gasteiger partial charge in [-0.15, -0.1) is 0 Å². The van der Waals surface area contributed by atoms with Gasteiger partial charge in [0.25, 0.3) is 0 Å². The minimum atomic E-state index is -0.425. The van der Waals surface area contributed by atoms with Gasteiger partial charge in [0.1, 0.15) is 23.6 Å². The monoisotopic (exact) mass is 354 g/mol. The SMILES string of the molecule is CCOc1cc2c(cc1N[C@H](C)C(=O)Nc1ccccc1C)O[C@@H](C)C2. The van der Waals surface area contributed by atoms with E-state index in [9.17, 15) is 4.79 Å². The number of ether oxygens (including phenoxy) is 2. The standard InChI is InChI=1S/C21H26N2O3/c1-5-25-20-11-16-10-14(3)26-19(16)12-18(20)22-15(4)21(24)23-17-9-7-6-8-13(17)2/h6-9,11-12,14-15,22H,5,10H2,1-4H3,(H,23,24)/t14-,15+/m0/s1. The zero-order chi connectivity index (χ0) is 18.7. The van der Waals surface area contributed by atoms with Crippen molar-refractivity contribution in [3.8, 4) is 11.5 Å². The average molecular weight is 354 g/mol.